The van der Waals surface area contributed by atoms with Crippen LogP contribution >= 0.6 is 39.9 Å². The van der Waals surface area contributed by atoms with E-state index < -0.39 is 10.0 Å². The highest BCUT2D eigenvalue weighted by Gasteiger charge is 2.27. The smallest absolute Gasteiger partial charge is 0.244 e. The Morgan fingerprint density at radius 2 is 1.89 bits per heavy atom. The molecule has 0 radical (unpaired) electrons. The topological polar surface area (TPSA) is 49.4 Å². The van der Waals surface area contributed by atoms with E-state index in [0.29, 0.717) is 26.2 Å². The molecule has 0 saturated carbocycles. The van der Waals surface area contributed by atoms with E-state index in [1.54, 1.807) is 12.1 Å². The summed E-state index contributed by atoms with van der Waals surface area (Å²) < 4.78 is 26.9. The van der Waals surface area contributed by atoms with Gasteiger partial charge < -0.3 is 5.32 Å². The minimum Gasteiger partial charge on any atom is -0.314 e. The number of rotatable bonds is 2. The molecule has 1 heterocycles. The van der Waals surface area contributed by atoms with E-state index in [9.17, 15) is 8.42 Å². The Labute approximate surface area is 126 Å². The minimum atomic E-state index is -3.47. The van der Waals surface area contributed by atoms with Crippen molar-refractivity contribution in [2.45, 2.75) is 4.90 Å². The summed E-state index contributed by atoms with van der Waals surface area (Å²) in [4.78, 5) is 0.171. The molecule has 8 heteroatoms. The van der Waals surface area contributed by atoms with E-state index in [1.807, 2.05) is 0 Å². The molecule has 4 nitrogen and oxygen atoms in total. The maximum atomic E-state index is 12.3. The van der Waals surface area contributed by atoms with Crippen molar-refractivity contribution in [3.63, 3.8) is 0 Å². The largest absolute Gasteiger partial charge is 0.314 e. The lowest BCUT2D eigenvalue weighted by Gasteiger charge is -2.26. The second-order valence-corrected chi connectivity index (χ2v) is 6.96. The second kappa shape index (κ2) is 6.54. The SMILES string of the molecule is Cl.O=S(=O)(c1ccc(Br)cc1Cl)N1CCNCC1. The molecule has 1 fully saturated rings. The van der Waals surface area contributed by atoms with Gasteiger partial charge in [-0.05, 0) is 18.2 Å². The first-order valence-electron chi connectivity index (χ1n) is 5.18. The lowest BCUT2D eigenvalue weighted by atomic mass is 10.4. The molecule has 1 aliphatic rings. The van der Waals surface area contributed by atoms with Gasteiger partial charge in [0.1, 0.15) is 4.90 Å². The molecule has 0 aromatic heterocycles. The van der Waals surface area contributed by atoms with E-state index in [-0.39, 0.29) is 22.3 Å². The van der Waals surface area contributed by atoms with Crippen molar-refractivity contribution in [3.8, 4) is 0 Å². The van der Waals surface area contributed by atoms with Gasteiger partial charge in [0, 0.05) is 30.7 Å². The molecule has 0 bridgehead atoms. The summed E-state index contributed by atoms with van der Waals surface area (Å²) in [5.41, 5.74) is 0. The zero-order valence-electron chi connectivity index (χ0n) is 9.40. The van der Waals surface area contributed by atoms with E-state index in [0.717, 1.165) is 4.47 Å². The summed E-state index contributed by atoms with van der Waals surface area (Å²) in [7, 11) is -3.47. The van der Waals surface area contributed by atoms with Gasteiger partial charge in [-0.3, -0.25) is 0 Å². The van der Waals surface area contributed by atoms with Crippen LogP contribution in [0.15, 0.2) is 27.6 Å². The molecule has 0 atom stereocenters. The van der Waals surface area contributed by atoms with Crippen molar-refractivity contribution in [2.24, 2.45) is 0 Å². The molecule has 1 N–H and O–H groups in total. The first-order chi connectivity index (χ1) is 8.01. The molecule has 0 unspecified atom stereocenters. The zero-order chi connectivity index (χ0) is 12.5. The van der Waals surface area contributed by atoms with Crippen molar-refractivity contribution < 1.29 is 8.42 Å². The Kier molecular flexibility index (Phi) is 5.89. The fourth-order valence-electron chi connectivity index (χ4n) is 1.71. The van der Waals surface area contributed by atoms with Gasteiger partial charge in [0.05, 0.1) is 5.02 Å². The van der Waals surface area contributed by atoms with Gasteiger partial charge in [-0.25, -0.2) is 8.42 Å². The third-order valence-corrected chi connectivity index (χ3v) is 5.46. The molecule has 102 valence electrons. The van der Waals surface area contributed by atoms with E-state index in [2.05, 4.69) is 21.2 Å². The highest BCUT2D eigenvalue weighted by molar-refractivity contribution is 9.10. The Bertz CT molecular complexity index is 519. The van der Waals surface area contributed by atoms with Crippen molar-refractivity contribution in [2.75, 3.05) is 26.2 Å². The number of nitrogens with one attached hydrogen (secondary N) is 1. The van der Waals surface area contributed by atoms with Crippen LogP contribution in [0.5, 0.6) is 0 Å². The molecule has 1 aliphatic heterocycles. The Balaban J connectivity index is 0.00000162. The van der Waals surface area contributed by atoms with Crippen LogP contribution in [0.25, 0.3) is 0 Å². The number of hydrogen-bond acceptors (Lipinski definition) is 3. The van der Waals surface area contributed by atoms with Gasteiger partial charge in [0.25, 0.3) is 0 Å². The fraction of sp³-hybridized carbons (Fsp3) is 0.400. The summed E-state index contributed by atoms with van der Waals surface area (Å²) in [6.45, 7) is 2.31. The number of nitrogens with zero attached hydrogens (tertiary/aromatic N) is 1. The van der Waals surface area contributed by atoms with Crippen molar-refractivity contribution >= 4 is 50.0 Å². The van der Waals surface area contributed by atoms with Gasteiger partial charge >= 0.3 is 0 Å². The molecular formula is C10H13BrCl2N2O2S. The first-order valence-corrected chi connectivity index (χ1v) is 7.79. The molecule has 1 aromatic carbocycles. The summed E-state index contributed by atoms with van der Waals surface area (Å²) in [6.07, 6.45) is 0. The average Bonchev–Trinajstić information content (AvgIpc) is 2.29. The van der Waals surface area contributed by atoms with E-state index >= 15 is 0 Å². The predicted molar refractivity (Wildman–Crippen MR) is 78.0 cm³/mol. The summed E-state index contributed by atoms with van der Waals surface area (Å²) in [5.74, 6) is 0. The van der Waals surface area contributed by atoms with Gasteiger partial charge in [0.2, 0.25) is 10.0 Å². The number of piperazine rings is 1. The number of hydrogen-bond donors (Lipinski definition) is 1. The lowest BCUT2D eigenvalue weighted by molar-refractivity contribution is 0.360. The van der Waals surface area contributed by atoms with Crippen LogP contribution in [0.3, 0.4) is 0 Å². The monoisotopic (exact) mass is 374 g/mol. The number of benzene rings is 1. The van der Waals surface area contributed by atoms with E-state index in [4.69, 9.17) is 11.6 Å². The van der Waals surface area contributed by atoms with Crippen molar-refractivity contribution in [1.29, 1.82) is 0 Å². The molecule has 0 aliphatic carbocycles. The molecule has 1 aromatic rings. The van der Waals surface area contributed by atoms with Crippen LogP contribution < -0.4 is 5.32 Å². The maximum Gasteiger partial charge on any atom is 0.244 e. The Hall–Kier alpha value is 0.150. The molecule has 2 rings (SSSR count). The highest BCUT2D eigenvalue weighted by atomic mass is 79.9. The Morgan fingerprint density at radius 3 is 2.44 bits per heavy atom. The summed E-state index contributed by atoms with van der Waals surface area (Å²) >= 11 is 9.24. The Morgan fingerprint density at radius 1 is 1.28 bits per heavy atom. The van der Waals surface area contributed by atoms with Crippen LogP contribution in [0, 0.1) is 0 Å². The molecule has 0 amide bonds. The van der Waals surface area contributed by atoms with Gasteiger partial charge in [-0.1, -0.05) is 27.5 Å². The van der Waals surface area contributed by atoms with Crippen LogP contribution in [-0.2, 0) is 10.0 Å². The highest BCUT2D eigenvalue weighted by Crippen LogP contribution is 2.27. The zero-order valence-corrected chi connectivity index (χ0v) is 13.4. The molecular weight excluding hydrogens is 363 g/mol. The van der Waals surface area contributed by atoms with Crippen LogP contribution in [0.4, 0.5) is 0 Å². The van der Waals surface area contributed by atoms with Gasteiger partial charge in [-0.15, -0.1) is 12.4 Å². The normalized spacial score (nSPS) is 17.2. The fourth-order valence-corrected chi connectivity index (χ4v) is 4.16. The maximum absolute atomic E-state index is 12.3. The van der Waals surface area contributed by atoms with Crippen LogP contribution in [0.1, 0.15) is 0 Å². The van der Waals surface area contributed by atoms with Crippen LogP contribution in [-0.4, -0.2) is 38.9 Å². The minimum absolute atomic E-state index is 0. The summed E-state index contributed by atoms with van der Waals surface area (Å²) in [6, 6.07) is 4.81. The number of halogens is 3. The van der Waals surface area contributed by atoms with E-state index in [1.165, 1.54) is 10.4 Å². The quantitative estimate of drug-likeness (QED) is 0.861. The van der Waals surface area contributed by atoms with Gasteiger partial charge in [0.15, 0.2) is 0 Å². The van der Waals surface area contributed by atoms with Gasteiger partial charge in [-0.2, -0.15) is 4.31 Å². The molecule has 1 saturated heterocycles. The predicted octanol–water partition coefficient (Wildman–Crippen LogP) is 2.12. The average molecular weight is 376 g/mol. The van der Waals surface area contributed by atoms with Crippen molar-refractivity contribution in [3.05, 3.63) is 27.7 Å². The second-order valence-electron chi connectivity index (χ2n) is 3.73. The molecule has 18 heavy (non-hydrogen) atoms. The third kappa shape index (κ3) is 3.37. The first kappa shape index (κ1) is 16.2. The number of sulfonamides is 1. The van der Waals surface area contributed by atoms with Crippen LogP contribution in [0.2, 0.25) is 5.02 Å². The third-order valence-electron chi connectivity index (χ3n) is 2.59. The van der Waals surface area contributed by atoms with Crippen molar-refractivity contribution in [1.82, 2.24) is 9.62 Å². The lowest BCUT2D eigenvalue weighted by Crippen LogP contribution is -2.46. The molecule has 0 spiro atoms. The summed E-state index contributed by atoms with van der Waals surface area (Å²) in [5, 5.41) is 3.36. The standard InChI is InChI=1S/C10H12BrClN2O2S.ClH/c11-8-1-2-10(9(12)7-8)17(15,16)14-5-3-13-4-6-14;/h1-2,7,13H,3-6H2;1H.